The van der Waals surface area contributed by atoms with Crippen molar-refractivity contribution in [3.8, 4) is 5.75 Å². The summed E-state index contributed by atoms with van der Waals surface area (Å²) in [7, 11) is 1.65. The third-order valence-corrected chi connectivity index (χ3v) is 6.06. The summed E-state index contributed by atoms with van der Waals surface area (Å²) in [6, 6.07) is 15.8. The molecule has 2 aliphatic heterocycles. The third kappa shape index (κ3) is 3.18. The number of nitrogens with two attached hydrogens (primary N) is 1. The van der Waals surface area contributed by atoms with Crippen molar-refractivity contribution in [3.63, 3.8) is 0 Å². The van der Waals surface area contributed by atoms with Gasteiger partial charge in [0.15, 0.2) is 0 Å². The highest BCUT2D eigenvalue weighted by Gasteiger charge is 2.52. The summed E-state index contributed by atoms with van der Waals surface area (Å²) >= 11 is 0. The van der Waals surface area contributed by atoms with E-state index in [9.17, 15) is 4.79 Å². The number of benzene rings is 2. The Bertz CT molecular complexity index is 903. The average molecular weight is 393 g/mol. The van der Waals surface area contributed by atoms with Crippen molar-refractivity contribution < 1.29 is 9.53 Å². The number of methoxy groups -OCH3 is 1. The first-order chi connectivity index (χ1) is 14.1. The van der Waals surface area contributed by atoms with E-state index < -0.39 is 5.66 Å². The van der Waals surface area contributed by atoms with Gasteiger partial charge in [-0.25, -0.2) is 0 Å². The van der Waals surface area contributed by atoms with Gasteiger partial charge in [0.25, 0.3) is 5.91 Å². The molecule has 0 bridgehead atoms. The number of likely N-dealkylation sites (N-methyl/N-ethyl adjacent to an activating group) is 1. The molecule has 1 unspecified atom stereocenters. The number of nitrogens with zero attached hydrogens (tertiary/aromatic N) is 3. The number of amides is 1. The minimum absolute atomic E-state index is 0.366. The zero-order chi connectivity index (χ0) is 20.4. The Balaban J connectivity index is 1.86. The molecule has 0 spiro atoms. The van der Waals surface area contributed by atoms with Crippen LogP contribution in [0.4, 0.5) is 5.69 Å². The molecule has 1 saturated heterocycles. The molecule has 1 fully saturated rings. The smallest absolute Gasteiger partial charge is 0.263 e. The molecule has 0 aromatic heterocycles. The second-order valence-electron chi connectivity index (χ2n) is 7.43. The second-order valence-corrected chi connectivity index (χ2v) is 7.43. The molecule has 1 amide bonds. The van der Waals surface area contributed by atoms with E-state index in [0.29, 0.717) is 0 Å². The van der Waals surface area contributed by atoms with E-state index in [-0.39, 0.29) is 5.91 Å². The minimum atomic E-state index is -1.07. The fourth-order valence-corrected chi connectivity index (χ4v) is 4.49. The molecule has 2 N–H and O–H groups in total. The number of fused-ring (bicyclic) bond motifs is 1. The van der Waals surface area contributed by atoms with Gasteiger partial charge in [-0.2, -0.15) is 0 Å². The molecule has 152 valence electrons. The SMILES string of the molecule is CCN1CCN(C2(C(N)=O)c3ccccc3C=CN2c2ccc(OC)cc2)CC1. The van der Waals surface area contributed by atoms with Crippen molar-refractivity contribution in [2.24, 2.45) is 5.73 Å². The van der Waals surface area contributed by atoms with Crippen molar-refractivity contribution >= 4 is 17.7 Å². The fourth-order valence-electron chi connectivity index (χ4n) is 4.49. The Morgan fingerprint density at radius 2 is 1.76 bits per heavy atom. The zero-order valence-corrected chi connectivity index (χ0v) is 17.0. The van der Waals surface area contributed by atoms with Gasteiger partial charge in [0.1, 0.15) is 5.75 Å². The maximum atomic E-state index is 13.3. The molecule has 1 atom stereocenters. The van der Waals surface area contributed by atoms with Crippen LogP contribution in [-0.2, 0) is 10.5 Å². The molecule has 0 saturated carbocycles. The summed E-state index contributed by atoms with van der Waals surface area (Å²) in [6.07, 6.45) is 4.02. The molecule has 0 aliphatic carbocycles. The van der Waals surface area contributed by atoms with Crippen LogP contribution in [0, 0.1) is 0 Å². The predicted molar refractivity (Wildman–Crippen MR) is 116 cm³/mol. The van der Waals surface area contributed by atoms with Gasteiger partial charge in [-0.15, -0.1) is 0 Å². The third-order valence-electron chi connectivity index (χ3n) is 6.06. The van der Waals surface area contributed by atoms with Crippen LogP contribution >= 0.6 is 0 Å². The van der Waals surface area contributed by atoms with Gasteiger partial charge in [-0.3, -0.25) is 9.69 Å². The summed E-state index contributed by atoms with van der Waals surface area (Å²) in [5, 5.41) is 0. The predicted octanol–water partition coefficient (Wildman–Crippen LogP) is 2.46. The van der Waals surface area contributed by atoms with Gasteiger partial charge < -0.3 is 20.3 Å². The number of hydrogen-bond acceptors (Lipinski definition) is 5. The first-order valence-electron chi connectivity index (χ1n) is 10.1. The summed E-state index contributed by atoms with van der Waals surface area (Å²) in [5.41, 5.74) is 7.98. The highest BCUT2D eigenvalue weighted by atomic mass is 16.5. The topological polar surface area (TPSA) is 62.0 Å². The summed E-state index contributed by atoms with van der Waals surface area (Å²) in [5.74, 6) is 0.409. The monoisotopic (exact) mass is 392 g/mol. The first kappa shape index (κ1) is 19.5. The Morgan fingerprint density at radius 3 is 2.38 bits per heavy atom. The van der Waals surface area contributed by atoms with Crippen LogP contribution in [0.15, 0.2) is 54.7 Å². The largest absolute Gasteiger partial charge is 0.497 e. The molecule has 6 heteroatoms. The molecule has 6 nitrogen and oxygen atoms in total. The summed E-state index contributed by atoms with van der Waals surface area (Å²) < 4.78 is 5.31. The average Bonchev–Trinajstić information content (AvgIpc) is 2.78. The van der Waals surface area contributed by atoms with E-state index in [1.165, 1.54) is 0 Å². The van der Waals surface area contributed by atoms with Gasteiger partial charge in [0.05, 0.1) is 7.11 Å². The van der Waals surface area contributed by atoms with E-state index in [4.69, 9.17) is 10.5 Å². The molecular formula is C23H28N4O2. The Morgan fingerprint density at radius 1 is 1.07 bits per heavy atom. The van der Waals surface area contributed by atoms with Crippen molar-refractivity contribution in [3.05, 3.63) is 65.9 Å². The van der Waals surface area contributed by atoms with E-state index >= 15 is 0 Å². The Kier molecular flexibility index (Phi) is 5.30. The summed E-state index contributed by atoms with van der Waals surface area (Å²) in [4.78, 5) is 19.9. The Labute approximate surface area is 172 Å². The lowest BCUT2D eigenvalue weighted by Crippen LogP contribution is -2.68. The van der Waals surface area contributed by atoms with E-state index in [0.717, 1.165) is 55.3 Å². The molecule has 29 heavy (non-hydrogen) atoms. The highest BCUT2D eigenvalue weighted by molar-refractivity contribution is 5.93. The van der Waals surface area contributed by atoms with Crippen molar-refractivity contribution in [2.45, 2.75) is 12.6 Å². The molecular weight excluding hydrogens is 364 g/mol. The number of ether oxygens (including phenoxy) is 1. The number of rotatable bonds is 5. The number of carbonyl (C=O) groups excluding carboxylic acids is 1. The van der Waals surface area contributed by atoms with Crippen LogP contribution in [-0.4, -0.2) is 55.5 Å². The zero-order valence-electron chi connectivity index (χ0n) is 17.0. The van der Waals surface area contributed by atoms with Gasteiger partial charge in [0.2, 0.25) is 5.66 Å². The van der Waals surface area contributed by atoms with Crippen LogP contribution in [0.1, 0.15) is 18.1 Å². The lowest BCUT2D eigenvalue weighted by molar-refractivity contribution is -0.132. The number of piperazine rings is 1. The van der Waals surface area contributed by atoms with Gasteiger partial charge in [-0.05, 0) is 42.4 Å². The van der Waals surface area contributed by atoms with Crippen molar-refractivity contribution in [1.29, 1.82) is 0 Å². The van der Waals surface area contributed by atoms with Crippen LogP contribution in [0.2, 0.25) is 0 Å². The van der Waals surface area contributed by atoms with Crippen molar-refractivity contribution in [1.82, 2.24) is 9.80 Å². The number of anilines is 1. The Hall–Kier alpha value is -2.83. The maximum Gasteiger partial charge on any atom is 0.263 e. The molecule has 2 aromatic rings. The van der Waals surface area contributed by atoms with E-state index in [1.54, 1.807) is 7.11 Å². The van der Waals surface area contributed by atoms with E-state index in [2.05, 4.69) is 16.7 Å². The number of primary amides is 1. The standard InChI is InChI=1S/C23H28N4O2/c1-3-25-14-16-26(17-15-25)23(22(24)28)21-7-5-4-6-18(21)12-13-27(23)19-8-10-20(29-2)11-9-19/h4-13H,3,14-17H2,1-2H3,(H2,24,28). The summed E-state index contributed by atoms with van der Waals surface area (Å²) in [6.45, 7) is 6.54. The van der Waals surface area contributed by atoms with Crippen molar-refractivity contribution in [2.75, 3.05) is 44.7 Å². The number of hydrogen-bond donors (Lipinski definition) is 1. The molecule has 0 radical (unpaired) electrons. The van der Waals surface area contributed by atoms with Crippen LogP contribution in [0.3, 0.4) is 0 Å². The van der Waals surface area contributed by atoms with Crippen LogP contribution in [0.25, 0.3) is 6.08 Å². The molecule has 2 aliphatic rings. The lowest BCUT2D eigenvalue weighted by atomic mass is 9.86. The van der Waals surface area contributed by atoms with Crippen LogP contribution in [0.5, 0.6) is 5.75 Å². The lowest BCUT2D eigenvalue weighted by Gasteiger charge is -2.52. The first-order valence-corrected chi connectivity index (χ1v) is 10.1. The molecule has 4 rings (SSSR count). The highest BCUT2D eigenvalue weighted by Crippen LogP contribution is 2.42. The molecule has 2 heterocycles. The quantitative estimate of drug-likeness (QED) is 0.847. The van der Waals surface area contributed by atoms with Crippen LogP contribution < -0.4 is 15.4 Å². The fraction of sp³-hybridized carbons (Fsp3) is 0.348. The van der Waals surface area contributed by atoms with Gasteiger partial charge in [-0.1, -0.05) is 31.2 Å². The normalized spacial score (nSPS) is 22.3. The van der Waals surface area contributed by atoms with Gasteiger partial charge in [0, 0.05) is 43.6 Å². The maximum absolute atomic E-state index is 13.3. The number of carbonyl (C=O) groups is 1. The molecule has 2 aromatic carbocycles. The van der Waals surface area contributed by atoms with Gasteiger partial charge >= 0.3 is 0 Å². The second kappa shape index (κ2) is 7.89. The van der Waals surface area contributed by atoms with E-state index in [1.807, 2.05) is 65.7 Å². The minimum Gasteiger partial charge on any atom is -0.497 e.